The van der Waals surface area contributed by atoms with Crippen LogP contribution in [0.25, 0.3) is 22.2 Å². The van der Waals surface area contributed by atoms with Crippen LogP contribution in [-0.2, 0) is 24.8 Å². The van der Waals surface area contributed by atoms with E-state index in [0.717, 1.165) is 54.9 Å². The molecule has 1 aliphatic heterocycles. The Bertz CT molecular complexity index is 1120. The molecule has 29 heavy (non-hydrogen) atoms. The summed E-state index contributed by atoms with van der Waals surface area (Å²) in [6, 6.07) is 9.75. The number of pyridine rings is 1. The van der Waals surface area contributed by atoms with Gasteiger partial charge in [-0.15, -0.1) is 0 Å². The van der Waals surface area contributed by atoms with E-state index in [1.165, 1.54) is 11.8 Å². The molecule has 3 aromatic rings. The number of nitrogens with zero attached hydrogens (tertiary/aromatic N) is 2. The van der Waals surface area contributed by atoms with Gasteiger partial charge in [0.25, 0.3) is 5.56 Å². The van der Waals surface area contributed by atoms with Gasteiger partial charge in [0, 0.05) is 43.3 Å². The molecule has 0 unspecified atom stereocenters. The number of hydrogen-bond donors (Lipinski definition) is 2. The fourth-order valence-corrected chi connectivity index (χ4v) is 3.97. The summed E-state index contributed by atoms with van der Waals surface area (Å²) in [4.78, 5) is 28.7. The second kappa shape index (κ2) is 7.85. The second-order valence-corrected chi connectivity index (χ2v) is 7.43. The van der Waals surface area contributed by atoms with E-state index in [0.29, 0.717) is 12.1 Å². The summed E-state index contributed by atoms with van der Waals surface area (Å²) in [7, 11) is 2.07. The Morgan fingerprint density at radius 3 is 2.66 bits per heavy atom. The van der Waals surface area contributed by atoms with E-state index in [-0.39, 0.29) is 5.56 Å². The number of morpholine rings is 1. The Morgan fingerprint density at radius 2 is 1.97 bits per heavy atom. The Kier molecular flexibility index (Phi) is 5.25. The maximum atomic E-state index is 12.2. The number of aromatic carboxylic acids is 1. The van der Waals surface area contributed by atoms with Crippen molar-refractivity contribution in [2.24, 2.45) is 7.05 Å². The molecule has 7 nitrogen and oxygen atoms in total. The van der Waals surface area contributed by atoms with Crippen LogP contribution in [0.1, 0.15) is 28.5 Å². The number of H-pyrrole nitrogens is 1. The molecule has 152 valence electrons. The van der Waals surface area contributed by atoms with Crippen molar-refractivity contribution in [3.05, 3.63) is 57.5 Å². The molecule has 2 aromatic heterocycles. The number of ether oxygens (including phenoxy) is 1. The molecule has 0 saturated carbocycles. The van der Waals surface area contributed by atoms with Crippen molar-refractivity contribution in [2.45, 2.75) is 19.9 Å². The van der Waals surface area contributed by atoms with E-state index in [4.69, 9.17) is 4.74 Å². The van der Waals surface area contributed by atoms with Gasteiger partial charge in [0.15, 0.2) is 0 Å². The lowest BCUT2D eigenvalue weighted by Crippen LogP contribution is -2.36. The van der Waals surface area contributed by atoms with Crippen LogP contribution in [0.15, 0.2) is 35.1 Å². The number of benzene rings is 1. The number of carbonyl (C=O) groups is 1. The number of fused-ring (bicyclic) bond motifs is 1. The average Bonchev–Trinajstić information content (AvgIpc) is 3.03. The van der Waals surface area contributed by atoms with Crippen molar-refractivity contribution in [1.82, 2.24) is 14.5 Å². The van der Waals surface area contributed by atoms with Gasteiger partial charge in [-0.2, -0.15) is 0 Å². The fourth-order valence-electron chi connectivity index (χ4n) is 3.97. The molecule has 2 N–H and O–H groups in total. The van der Waals surface area contributed by atoms with Crippen LogP contribution in [0.5, 0.6) is 0 Å². The third-order valence-corrected chi connectivity index (χ3v) is 5.65. The SMILES string of the molecule is CCc1cc(C(=O)O)c(=O)[nH]c1-c1ccc2c(c1)cc(CN1CCOCC1)n2C. The fraction of sp³-hybridized carbons (Fsp3) is 0.364. The van der Waals surface area contributed by atoms with Crippen LogP contribution in [0.4, 0.5) is 0 Å². The first-order valence-electron chi connectivity index (χ1n) is 9.86. The molecular formula is C22H25N3O4. The van der Waals surface area contributed by atoms with Gasteiger partial charge in [0.2, 0.25) is 0 Å². The lowest BCUT2D eigenvalue weighted by atomic mass is 10.0. The Balaban J connectivity index is 1.73. The first-order valence-corrected chi connectivity index (χ1v) is 9.86. The van der Waals surface area contributed by atoms with Crippen molar-refractivity contribution in [1.29, 1.82) is 0 Å². The second-order valence-electron chi connectivity index (χ2n) is 7.43. The molecule has 1 aliphatic rings. The lowest BCUT2D eigenvalue weighted by Gasteiger charge is -2.26. The molecule has 0 bridgehead atoms. The summed E-state index contributed by atoms with van der Waals surface area (Å²) in [5.41, 5.74) is 3.93. The largest absolute Gasteiger partial charge is 0.477 e. The molecule has 4 rings (SSSR count). The zero-order valence-corrected chi connectivity index (χ0v) is 16.7. The molecule has 1 saturated heterocycles. The number of rotatable bonds is 5. The van der Waals surface area contributed by atoms with Gasteiger partial charge in [-0.05, 0) is 41.8 Å². The maximum absolute atomic E-state index is 12.2. The average molecular weight is 395 g/mol. The van der Waals surface area contributed by atoms with Crippen molar-refractivity contribution in [2.75, 3.05) is 26.3 Å². The number of carboxylic acid groups (broad SMARTS) is 1. The van der Waals surface area contributed by atoms with E-state index in [1.54, 1.807) is 0 Å². The highest BCUT2D eigenvalue weighted by Gasteiger charge is 2.17. The van der Waals surface area contributed by atoms with Gasteiger partial charge in [-0.25, -0.2) is 4.79 Å². The minimum atomic E-state index is -1.21. The summed E-state index contributed by atoms with van der Waals surface area (Å²) in [5, 5.41) is 10.3. The highest BCUT2D eigenvalue weighted by Crippen LogP contribution is 2.28. The molecule has 0 aliphatic carbocycles. The molecule has 0 spiro atoms. The monoisotopic (exact) mass is 395 g/mol. The van der Waals surface area contributed by atoms with Gasteiger partial charge in [-0.1, -0.05) is 13.0 Å². The molecule has 0 amide bonds. The Labute approximate surface area is 168 Å². The summed E-state index contributed by atoms with van der Waals surface area (Å²) in [6.07, 6.45) is 0.626. The standard InChI is InChI=1S/C22H25N3O4/c1-3-14-12-18(22(27)28)21(26)23-20(14)15-4-5-19-16(10-15)11-17(24(19)2)13-25-6-8-29-9-7-25/h4-5,10-12H,3,6-9,13H2,1-2H3,(H,23,26)(H,27,28). The molecule has 1 fully saturated rings. The summed E-state index contributed by atoms with van der Waals surface area (Å²) in [6.45, 7) is 6.23. The molecule has 7 heteroatoms. The molecule has 3 heterocycles. The molecule has 0 radical (unpaired) electrons. The van der Waals surface area contributed by atoms with Crippen LogP contribution < -0.4 is 5.56 Å². The van der Waals surface area contributed by atoms with E-state index < -0.39 is 11.5 Å². The van der Waals surface area contributed by atoms with Crippen LogP contribution >= 0.6 is 0 Å². The minimum Gasteiger partial charge on any atom is -0.477 e. The van der Waals surface area contributed by atoms with E-state index in [1.807, 2.05) is 13.0 Å². The topological polar surface area (TPSA) is 87.6 Å². The molecule has 1 aromatic carbocycles. The zero-order valence-electron chi connectivity index (χ0n) is 16.7. The van der Waals surface area contributed by atoms with Gasteiger partial charge >= 0.3 is 5.97 Å². The van der Waals surface area contributed by atoms with Gasteiger partial charge in [-0.3, -0.25) is 9.69 Å². The van der Waals surface area contributed by atoms with Gasteiger partial charge in [0.1, 0.15) is 5.56 Å². The van der Waals surface area contributed by atoms with Crippen molar-refractivity contribution in [3.63, 3.8) is 0 Å². The van der Waals surface area contributed by atoms with Crippen LogP contribution in [-0.4, -0.2) is 51.8 Å². The third-order valence-electron chi connectivity index (χ3n) is 5.65. The number of aromatic amines is 1. The van der Waals surface area contributed by atoms with E-state index in [9.17, 15) is 14.7 Å². The number of hydrogen-bond acceptors (Lipinski definition) is 4. The van der Waals surface area contributed by atoms with Gasteiger partial charge in [0.05, 0.1) is 18.9 Å². The number of aromatic nitrogens is 2. The minimum absolute atomic E-state index is 0.223. The zero-order chi connectivity index (χ0) is 20.5. The van der Waals surface area contributed by atoms with Crippen LogP contribution in [0, 0.1) is 0 Å². The van der Waals surface area contributed by atoms with Gasteiger partial charge < -0.3 is 19.4 Å². The number of carboxylic acids is 1. The predicted molar refractivity (Wildman–Crippen MR) is 111 cm³/mol. The first-order chi connectivity index (χ1) is 14.0. The molecule has 0 atom stereocenters. The van der Waals surface area contributed by atoms with E-state index in [2.05, 4.69) is 39.7 Å². The highest BCUT2D eigenvalue weighted by atomic mass is 16.5. The number of nitrogens with one attached hydrogen (secondary N) is 1. The third kappa shape index (κ3) is 3.71. The molecular weight excluding hydrogens is 370 g/mol. The first kappa shape index (κ1) is 19.4. The summed E-state index contributed by atoms with van der Waals surface area (Å²) < 4.78 is 7.63. The summed E-state index contributed by atoms with van der Waals surface area (Å²) >= 11 is 0. The Hall–Kier alpha value is -2.90. The predicted octanol–water partition coefficient (Wildman–Crippen LogP) is 2.63. The quantitative estimate of drug-likeness (QED) is 0.693. The summed E-state index contributed by atoms with van der Waals surface area (Å²) in [5.74, 6) is -1.21. The smallest absolute Gasteiger partial charge is 0.341 e. The highest BCUT2D eigenvalue weighted by molar-refractivity contribution is 5.89. The van der Waals surface area contributed by atoms with E-state index >= 15 is 0 Å². The lowest BCUT2D eigenvalue weighted by molar-refractivity contribution is 0.0333. The van der Waals surface area contributed by atoms with Crippen molar-refractivity contribution < 1.29 is 14.6 Å². The number of aryl methyl sites for hydroxylation is 2. The normalized spacial score (nSPS) is 15.1. The van der Waals surface area contributed by atoms with Crippen LogP contribution in [0.3, 0.4) is 0 Å². The maximum Gasteiger partial charge on any atom is 0.341 e. The van der Waals surface area contributed by atoms with Crippen LogP contribution in [0.2, 0.25) is 0 Å². The van der Waals surface area contributed by atoms with Crippen molar-refractivity contribution >= 4 is 16.9 Å². The van der Waals surface area contributed by atoms with Crippen molar-refractivity contribution in [3.8, 4) is 11.3 Å². The Morgan fingerprint density at radius 1 is 1.21 bits per heavy atom.